The van der Waals surface area contributed by atoms with Gasteiger partial charge < -0.3 is 30.4 Å². The Balaban J connectivity index is 1.75. The smallest absolute Gasteiger partial charge is 0.405 e. The minimum atomic E-state index is -4.51. The first-order chi connectivity index (χ1) is 16.1. The molecule has 0 bridgehead atoms. The Bertz CT molecular complexity index is 1180. The number of fused-ring (bicyclic) bond motifs is 1. The van der Waals surface area contributed by atoms with Gasteiger partial charge in [0.15, 0.2) is 5.58 Å². The molecule has 0 aromatic carbocycles. The second-order valence-corrected chi connectivity index (χ2v) is 8.48. The van der Waals surface area contributed by atoms with Crippen LogP contribution in [0.1, 0.15) is 19.0 Å². The third kappa shape index (κ3) is 5.04. The molecule has 3 aromatic heterocycles. The molecule has 9 nitrogen and oxygen atoms in total. The second kappa shape index (κ2) is 9.53. The third-order valence-corrected chi connectivity index (χ3v) is 6.01. The van der Waals surface area contributed by atoms with Crippen molar-refractivity contribution in [2.24, 2.45) is 5.92 Å². The van der Waals surface area contributed by atoms with Gasteiger partial charge >= 0.3 is 6.18 Å². The molecule has 0 aliphatic heterocycles. The van der Waals surface area contributed by atoms with Gasteiger partial charge in [-0.05, 0) is 25.0 Å². The van der Waals surface area contributed by atoms with Gasteiger partial charge in [-0.3, -0.25) is 4.98 Å². The predicted octanol–water partition coefficient (Wildman–Crippen LogP) is 2.99. The van der Waals surface area contributed by atoms with Crippen molar-refractivity contribution in [2.75, 3.05) is 23.8 Å². The number of nitrogens with one attached hydrogen (secondary N) is 2. The first-order valence-electron chi connectivity index (χ1n) is 10.6. The number of aliphatic hydroxyl groups is 3. The van der Waals surface area contributed by atoms with Gasteiger partial charge in [-0.2, -0.15) is 18.2 Å². The fraction of sp³-hybridized carbons (Fsp3) is 0.476. The molecule has 3 heterocycles. The van der Waals surface area contributed by atoms with E-state index < -0.39 is 36.9 Å². The van der Waals surface area contributed by atoms with Crippen molar-refractivity contribution in [3.8, 4) is 11.3 Å². The predicted molar refractivity (Wildman–Crippen MR) is 119 cm³/mol. The minimum absolute atomic E-state index is 0.00208. The van der Waals surface area contributed by atoms with Crippen LogP contribution in [0.15, 0.2) is 22.7 Å². The first-order valence-corrected chi connectivity index (χ1v) is 11.0. The SMILES string of the molecule is CCc1cc2cc(-c3c(Cl)nc(NCC(F)(F)F)nc3N[C@@H]3C[C@H](CO)[C@@H](O)[C@H]3O)oc2cn1. The number of rotatable bonds is 7. The Labute approximate surface area is 197 Å². The number of aromatic nitrogens is 3. The van der Waals surface area contributed by atoms with E-state index in [0.717, 1.165) is 11.1 Å². The molecule has 13 heteroatoms. The van der Waals surface area contributed by atoms with Crippen LogP contribution < -0.4 is 10.6 Å². The second-order valence-electron chi connectivity index (χ2n) is 8.12. The number of aliphatic hydroxyl groups excluding tert-OH is 3. The van der Waals surface area contributed by atoms with Crippen molar-refractivity contribution in [2.45, 2.75) is 44.2 Å². The van der Waals surface area contributed by atoms with Crippen LogP contribution >= 0.6 is 11.6 Å². The molecule has 1 aliphatic rings. The molecule has 0 unspecified atom stereocenters. The van der Waals surface area contributed by atoms with E-state index in [2.05, 4.69) is 25.6 Å². The van der Waals surface area contributed by atoms with E-state index in [4.69, 9.17) is 16.0 Å². The number of furan rings is 1. The summed E-state index contributed by atoms with van der Waals surface area (Å²) in [5.74, 6) is -0.721. The molecule has 34 heavy (non-hydrogen) atoms. The first kappa shape index (κ1) is 24.5. The number of hydrogen-bond donors (Lipinski definition) is 5. The fourth-order valence-electron chi connectivity index (χ4n) is 3.95. The number of alkyl halides is 3. The Morgan fingerprint density at radius 1 is 1.21 bits per heavy atom. The molecular weight excluding hydrogens is 479 g/mol. The summed E-state index contributed by atoms with van der Waals surface area (Å²) in [6.45, 7) is 0.230. The third-order valence-electron chi connectivity index (χ3n) is 5.74. The highest BCUT2D eigenvalue weighted by atomic mass is 35.5. The summed E-state index contributed by atoms with van der Waals surface area (Å²) in [7, 11) is 0. The maximum absolute atomic E-state index is 12.7. The van der Waals surface area contributed by atoms with Crippen LogP contribution in [0.3, 0.4) is 0 Å². The average Bonchev–Trinajstić information content (AvgIpc) is 3.32. The van der Waals surface area contributed by atoms with E-state index in [0.29, 0.717) is 12.0 Å². The van der Waals surface area contributed by atoms with Gasteiger partial charge in [0.25, 0.3) is 0 Å². The van der Waals surface area contributed by atoms with Crippen LogP contribution in [-0.2, 0) is 6.42 Å². The lowest BCUT2D eigenvalue weighted by atomic mass is 10.1. The van der Waals surface area contributed by atoms with Gasteiger partial charge in [-0.15, -0.1) is 0 Å². The highest BCUT2D eigenvalue weighted by Crippen LogP contribution is 2.39. The molecule has 1 aliphatic carbocycles. The minimum Gasteiger partial charge on any atom is -0.454 e. The van der Waals surface area contributed by atoms with Crippen molar-refractivity contribution >= 4 is 34.3 Å². The molecule has 184 valence electrons. The zero-order valence-electron chi connectivity index (χ0n) is 18.0. The average molecular weight is 502 g/mol. The van der Waals surface area contributed by atoms with Crippen LogP contribution in [0.2, 0.25) is 5.15 Å². The van der Waals surface area contributed by atoms with Gasteiger partial charge in [0.1, 0.15) is 29.4 Å². The van der Waals surface area contributed by atoms with Crippen LogP contribution in [0.4, 0.5) is 24.9 Å². The number of hydrogen-bond acceptors (Lipinski definition) is 9. The van der Waals surface area contributed by atoms with E-state index in [1.54, 1.807) is 12.3 Å². The number of pyridine rings is 1. The highest BCUT2D eigenvalue weighted by molar-refractivity contribution is 6.32. The zero-order valence-corrected chi connectivity index (χ0v) is 18.7. The van der Waals surface area contributed by atoms with Crippen LogP contribution in [0, 0.1) is 5.92 Å². The number of aryl methyl sites for hydroxylation is 1. The van der Waals surface area contributed by atoms with E-state index in [1.807, 2.05) is 13.0 Å². The molecule has 0 radical (unpaired) electrons. The molecule has 4 rings (SSSR count). The Morgan fingerprint density at radius 2 is 1.97 bits per heavy atom. The van der Waals surface area contributed by atoms with Gasteiger partial charge in [-0.25, -0.2) is 4.98 Å². The monoisotopic (exact) mass is 501 g/mol. The van der Waals surface area contributed by atoms with Gasteiger partial charge in [-0.1, -0.05) is 18.5 Å². The highest BCUT2D eigenvalue weighted by Gasteiger charge is 2.41. The molecule has 0 amide bonds. The molecule has 1 fully saturated rings. The summed E-state index contributed by atoms with van der Waals surface area (Å²) in [6, 6.07) is 2.77. The normalized spacial score (nSPS) is 22.9. The summed E-state index contributed by atoms with van der Waals surface area (Å²) in [5.41, 5.74) is 1.47. The Hall–Kier alpha value is -2.67. The number of anilines is 2. The number of nitrogens with zero attached hydrogens (tertiary/aromatic N) is 3. The summed E-state index contributed by atoms with van der Waals surface area (Å²) in [4.78, 5) is 12.4. The van der Waals surface area contributed by atoms with Crippen molar-refractivity contribution in [3.05, 3.63) is 29.2 Å². The van der Waals surface area contributed by atoms with Crippen molar-refractivity contribution in [1.82, 2.24) is 15.0 Å². The summed E-state index contributed by atoms with van der Waals surface area (Å²) < 4.78 is 44.0. The zero-order chi connectivity index (χ0) is 24.6. The summed E-state index contributed by atoms with van der Waals surface area (Å²) >= 11 is 6.37. The quantitative estimate of drug-likeness (QED) is 0.309. The van der Waals surface area contributed by atoms with Crippen molar-refractivity contribution in [3.63, 3.8) is 0 Å². The molecule has 5 N–H and O–H groups in total. The lowest BCUT2D eigenvalue weighted by molar-refractivity contribution is -0.115. The van der Waals surface area contributed by atoms with Crippen LogP contribution in [-0.4, -0.2) is 67.8 Å². The Kier molecular flexibility index (Phi) is 6.85. The Morgan fingerprint density at radius 3 is 2.62 bits per heavy atom. The fourth-order valence-corrected chi connectivity index (χ4v) is 4.21. The number of halogens is 4. The molecule has 0 spiro atoms. The van der Waals surface area contributed by atoms with E-state index in [1.165, 1.54) is 0 Å². The molecular formula is C21H23ClF3N5O4. The maximum Gasteiger partial charge on any atom is 0.405 e. The topological polar surface area (TPSA) is 137 Å². The van der Waals surface area contributed by atoms with E-state index in [9.17, 15) is 28.5 Å². The lowest BCUT2D eigenvalue weighted by Gasteiger charge is -2.21. The van der Waals surface area contributed by atoms with Gasteiger partial charge in [0.2, 0.25) is 5.95 Å². The maximum atomic E-state index is 12.7. The summed E-state index contributed by atoms with van der Waals surface area (Å²) in [5, 5.41) is 35.6. The standard InChI is InChI=1S/C21H23ClF3N5O4/c1-2-11-3-9-5-13(34-14(9)6-26-11)15-18(22)29-20(27-8-21(23,24)25)30-19(15)28-12-4-10(7-31)16(32)17(12)33/h3,5-6,10,12,16-17,31-33H,2,4,7-8H2,1H3,(H2,27,28,29,30)/t10-,12-,16-,17+/m1/s1. The van der Waals surface area contributed by atoms with E-state index >= 15 is 0 Å². The molecule has 0 saturated heterocycles. The largest absolute Gasteiger partial charge is 0.454 e. The van der Waals surface area contributed by atoms with Crippen LogP contribution in [0.5, 0.6) is 0 Å². The van der Waals surface area contributed by atoms with Crippen LogP contribution in [0.25, 0.3) is 22.3 Å². The van der Waals surface area contributed by atoms with E-state index in [-0.39, 0.29) is 41.3 Å². The lowest BCUT2D eigenvalue weighted by Crippen LogP contribution is -2.35. The molecule has 3 aromatic rings. The van der Waals surface area contributed by atoms with Crippen molar-refractivity contribution < 1.29 is 32.9 Å². The molecule has 1 saturated carbocycles. The van der Waals surface area contributed by atoms with Crippen molar-refractivity contribution in [1.29, 1.82) is 0 Å². The van der Waals surface area contributed by atoms with Gasteiger partial charge in [0.05, 0.1) is 23.9 Å². The molecule has 4 atom stereocenters. The van der Waals surface area contributed by atoms with Gasteiger partial charge in [0, 0.05) is 23.6 Å². The summed E-state index contributed by atoms with van der Waals surface area (Å²) in [6.07, 6.45) is -4.49.